The first-order valence-corrected chi connectivity index (χ1v) is 5.64. The Morgan fingerprint density at radius 3 is 2.25 bits per heavy atom. The molecule has 1 aromatic rings. The monoisotopic (exact) mass is 202 g/mol. The molecule has 0 saturated carbocycles. The summed E-state index contributed by atoms with van der Waals surface area (Å²) in [6.45, 7) is 6.07. The quantitative estimate of drug-likeness (QED) is 0.609. The van der Waals surface area contributed by atoms with Gasteiger partial charge >= 0.3 is 0 Å². The first kappa shape index (κ1) is 11.9. The zero-order valence-electron chi connectivity index (χ0n) is 8.02. The van der Waals surface area contributed by atoms with Crippen molar-refractivity contribution in [2.24, 2.45) is 0 Å². The lowest BCUT2D eigenvalue weighted by atomic mass is 10.2. The molecule has 1 rings (SSSR count). The van der Waals surface area contributed by atoms with Gasteiger partial charge in [0.25, 0.3) is 0 Å². The van der Waals surface area contributed by atoms with E-state index in [1.54, 1.807) is 11.8 Å². The fourth-order valence-electron chi connectivity index (χ4n) is 0.767. The molecule has 0 unspecified atom stereocenters. The predicted octanol–water partition coefficient (Wildman–Crippen LogP) is 4.40. The highest BCUT2D eigenvalue weighted by Gasteiger charge is 1.96. The van der Waals surface area contributed by atoms with Gasteiger partial charge in [0.15, 0.2) is 0 Å². The third-order valence-electron chi connectivity index (χ3n) is 1.31. The number of rotatable bonds is 1. The van der Waals surface area contributed by atoms with Crippen molar-refractivity contribution < 1.29 is 0 Å². The summed E-state index contributed by atoms with van der Waals surface area (Å²) < 4.78 is 0. The molecular weight excluding hydrogens is 188 g/mol. The summed E-state index contributed by atoms with van der Waals surface area (Å²) in [5, 5.41) is 0.845. The standard InChI is InChI=1S/C8H9ClS.C2H6/c1-6-3-4-7(9)8(5-6)10-2;1-2/h3-5H,1-2H3;1-2H3. The summed E-state index contributed by atoms with van der Waals surface area (Å²) >= 11 is 7.55. The van der Waals surface area contributed by atoms with E-state index < -0.39 is 0 Å². The summed E-state index contributed by atoms with van der Waals surface area (Å²) in [5.74, 6) is 0. The molecule has 0 aromatic heterocycles. The van der Waals surface area contributed by atoms with Gasteiger partial charge in [0.05, 0.1) is 5.02 Å². The zero-order valence-corrected chi connectivity index (χ0v) is 9.59. The van der Waals surface area contributed by atoms with Crippen molar-refractivity contribution in [2.45, 2.75) is 25.7 Å². The number of hydrogen-bond acceptors (Lipinski definition) is 1. The van der Waals surface area contributed by atoms with Gasteiger partial charge in [0.1, 0.15) is 0 Å². The highest BCUT2D eigenvalue weighted by Crippen LogP contribution is 2.25. The third kappa shape index (κ3) is 3.51. The molecule has 0 nitrogen and oxygen atoms in total. The van der Waals surface area contributed by atoms with Crippen LogP contribution in [0.3, 0.4) is 0 Å². The highest BCUT2D eigenvalue weighted by atomic mass is 35.5. The van der Waals surface area contributed by atoms with E-state index in [0.29, 0.717) is 0 Å². The summed E-state index contributed by atoms with van der Waals surface area (Å²) in [5.41, 5.74) is 1.26. The lowest BCUT2D eigenvalue weighted by Gasteiger charge is -1.99. The van der Waals surface area contributed by atoms with Crippen LogP contribution in [0.15, 0.2) is 23.1 Å². The van der Waals surface area contributed by atoms with Gasteiger partial charge in [-0.25, -0.2) is 0 Å². The fourth-order valence-corrected chi connectivity index (χ4v) is 1.68. The van der Waals surface area contributed by atoms with Crippen LogP contribution in [0.25, 0.3) is 0 Å². The van der Waals surface area contributed by atoms with E-state index in [2.05, 4.69) is 13.0 Å². The summed E-state index contributed by atoms with van der Waals surface area (Å²) in [6.07, 6.45) is 2.03. The Balaban J connectivity index is 0.000000561. The number of aryl methyl sites for hydroxylation is 1. The Bertz CT molecular complexity index is 233. The van der Waals surface area contributed by atoms with Crippen molar-refractivity contribution in [1.29, 1.82) is 0 Å². The third-order valence-corrected chi connectivity index (χ3v) is 2.53. The van der Waals surface area contributed by atoms with E-state index in [1.807, 2.05) is 32.2 Å². The van der Waals surface area contributed by atoms with Crippen molar-refractivity contribution in [1.82, 2.24) is 0 Å². The Morgan fingerprint density at radius 1 is 1.25 bits per heavy atom. The van der Waals surface area contributed by atoms with Gasteiger partial charge in [-0.2, -0.15) is 0 Å². The van der Waals surface area contributed by atoms with Crippen LogP contribution in [0.2, 0.25) is 5.02 Å². The predicted molar refractivity (Wildman–Crippen MR) is 59.3 cm³/mol. The van der Waals surface area contributed by atoms with E-state index in [0.717, 1.165) is 9.92 Å². The Kier molecular flexibility index (Phi) is 6.31. The molecule has 0 aliphatic rings. The minimum Gasteiger partial charge on any atom is -0.128 e. The number of thioether (sulfide) groups is 1. The number of halogens is 1. The molecule has 0 radical (unpaired) electrons. The molecule has 0 aliphatic heterocycles. The zero-order chi connectivity index (χ0) is 9.56. The largest absolute Gasteiger partial charge is 0.128 e. The number of benzene rings is 1. The molecule has 0 atom stereocenters. The van der Waals surface area contributed by atoms with Crippen LogP contribution in [0.4, 0.5) is 0 Å². The molecule has 68 valence electrons. The van der Waals surface area contributed by atoms with Crippen LogP contribution in [0.5, 0.6) is 0 Å². The van der Waals surface area contributed by atoms with Crippen molar-refractivity contribution >= 4 is 23.4 Å². The Labute approximate surface area is 84.3 Å². The van der Waals surface area contributed by atoms with E-state index in [9.17, 15) is 0 Å². The summed E-state index contributed by atoms with van der Waals surface area (Å²) in [4.78, 5) is 1.15. The van der Waals surface area contributed by atoms with Crippen LogP contribution in [0, 0.1) is 6.92 Å². The topological polar surface area (TPSA) is 0 Å². The smallest absolute Gasteiger partial charge is 0.0541 e. The molecule has 1 aromatic carbocycles. The first-order chi connectivity index (χ1) is 5.74. The molecule has 0 heterocycles. The second-order valence-corrected chi connectivity index (χ2v) is 3.39. The minimum atomic E-state index is 0.845. The Hall–Kier alpha value is -0.140. The molecule has 2 heteroatoms. The van der Waals surface area contributed by atoms with Gasteiger partial charge in [-0.3, -0.25) is 0 Å². The van der Waals surface area contributed by atoms with Crippen molar-refractivity contribution in [3.8, 4) is 0 Å². The first-order valence-electron chi connectivity index (χ1n) is 4.04. The lowest BCUT2D eigenvalue weighted by molar-refractivity contribution is 1.36. The fraction of sp³-hybridized carbons (Fsp3) is 0.400. The van der Waals surface area contributed by atoms with Gasteiger partial charge in [-0.1, -0.05) is 31.5 Å². The van der Waals surface area contributed by atoms with Gasteiger partial charge in [-0.05, 0) is 30.9 Å². The SMILES string of the molecule is CC.CSc1cc(C)ccc1Cl. The van der Waals surface area contributed by atoms with E-state index in [4.69, 9.17) is 11.6 Å². The van der Waals surface area contributed by atoms with E-state index in [-0.39, 0.29) is 0 Å². The van der Waals surface area contributed by atoms with Gasteiger partial charge in [0, 0.05) is 4.90 Å². The van der Waals surface area contributed by atoms with Gasteiger partial charge in [-0.15, -0.1) is 11.8 Å². The maximum atomic E-state index is 5.88. The van der Waals surface area contributed by atoms with Crippen LogP contribution in [0.1, 0.15) is 19.4 Å². The molecule has 0 saturated heterocycles. The van der Waals surface area contributed by atoms with E-state index in [1.165, 1.54) is 5.56 Å². The molecule has 0 aliphatic carbocycles. The molecule has 12 heavy (non-hydrogen) atoms. The summed E-state index contributed by atoms with van der Waals surface area (Å²) in [6, 6.07) is 6.04. The second kappa shape index (κ2) is 6.38. The summed E-state index contributed by atoms with van der Waals surface area (Å²) in [7, 11) is 0. The van der Waals surface area contributed by atoms with Crippen LogP contribution >= 0.6 is 23.4 Å². The Morgan fingerprint density at radius 2 is 1.83 bits per heavy atom. The van der Waals surface area contributed by atoms with Crippen molar-refractivity contribution in [2.75, 3.05) is 6.26 Å². The van der Waals surface area contributed by atoms with Gasteiger partial charge in [0.2, 0.25) is 0 Å². The normalized spacial score (nSPS) is 8.75. The van der Waals surface area contributed by atoms with Crippen molar-refractivity contribution in [3.05, 3.63) is 28.8 Å². The van der Waals surface area contributed by atoms with Gasteiger partial charge < -0.3 is 0 Å². The lowest BCUT2D eigenvalue weighted by Crippen LogP contribution is -1.75. The highest BCUT2D eigenvalue weighted by molar-refractivity contribution is 7.98. The maximum Gasteiger partial charge on any atom is 0.0541 e. The average Bonchev–Trinajstić information content (AvgIpc) is 2.13. The van der Waals surface area contributed by atoms with Crippen LogP contribution in [-0.2, 0) is 0 Å². The van der Waals surface area contributed by atoms with E-state index >= 15 is 0 Å². The maximum absolute atomic E-state index is 5.88. The average molecular weight is 203 g/mol. The molecular formula is C10H15ClS. The molecule has 0 N–H and O–H groups in total. The molecule has 0 fully saturated rings. The molecule has 0 amide bonds. The van der Waals surface area contributed by atoms with Crippen LogP contribution < -0.4 is 0 Å². The van der Waals surface area contributed by atoms with Crippen LogP contribution in [-0.4, -0.2) is 6.26 Å². The second-order valence-electron chi connectivity index (χ2n) is 2.14. The number of hydrogen-bond donors (Lipinski definition) is 0. The molecule has 0 spiro atoms. The molecule has 0 bridgehead atoms. The minimum absolute atomic E-state index is 0.845. The van der Waals surface area contributed by atoms with Crippen molar-refractivity contribution in [3.63, 3.8) is 0 Å².